The SMILES string of the molecule is Cc1cccc(C)c1NC(=O)CNc1cc([N+](=O)[O-])ccc1Nc1ccc(F)cc1. The van der Waals surface area contributed by atoms with Gasteiger partial charge in [0, 0.05) is 23.5 Å². The first-order valence-corrected chi connectivity index (χ1v) is 9.24. The molecular weight excluding hydrogens is 387 g/mol. The van der Waals surface area contributed by atoms with E-state index in [0.29, 0.717) is 17.1 Å². The monoisotopic (exact) mass is 408 g/mol. The molecule has 8 heteroatoms. The molecule has 3 rings (SSSR count). The standard InChI is InChI=1S/C22H21FN4O3/c1-14-4-3-5-15(2)22(14)26-21(28)13-24-20-12-18(27(29)30)10-11-19(20)25-17-8-6-16(23)7-9-17/h3-12,24-25H,13H2,1-2H3,(H,26,28). The molecular formula is C22H21FN4O3. The molecule has 0 aliphatic carbocycles. The minimum absolute atomic E-state index is 0.0902. The first kappa shape index (κ1) is 20.8. The van der Waals surface area contributed by atoms with E-state index in [2.05, 4.69) is 16.0 Å². The highest BCUT2D eigenvalue weighted by Crippen LogP contribution is 2.30. The lowest BCUT2D eigenvalue weighted by molar-refractivity contribution is -0.384. The van der Waals surface area contributed by atoms with Crippen LogP contribution in [0, 0.1) is 29.8 Å². The molecule has 0 saturated carbocycles. The fraction of sp³-hybridized carbons (Fsp3) is 0.136. The number of nitro groups is 1. The molecule has 3 aromatic carbocycles. The molecule has 0 saturated heterocycles. The lowest BCUT2D eigenvalue weighted by atomic mass is 10.1. The minimum atomic E-state index is -0.510. The molecule has 0 unspecified atom stereocenters. The average molecular weight is 408 g/mol. The van der Waals surface area contributed by atoms with Crippen LogP contribution in [0.1, 0.15) is 11.1 Å². The number of nitrogens with one attached hydrogen (secondary N) is 3. The first-order chi connectivity index (χ1) is 14.3. The van der Waals surface area contributed by atoms with Crippen molar-refractivity contribution < 1.29 is 14.1 Å². The highest BCUT2D eigenvalue weighted by Gasteiger charge is 2.13. The largest absolute Gasteiger partial charge is 0.374 e. The van der Waals surface area contributed by atoms with Crippen molar-refractivity contribution in [1.82, 2.24) is 0 Å². The fourth-order valence-corrected chi connectivity index (χ4v) is 2.96. The molecule has 0 bridgehead atoms. The predicted octanol–water partition coefficient (Wildman–Crippen LogP) is 5.14. The van der Waals surface area contributed by atoms with E-state index in [-0.39, 0.29) is 24.0 Å². The Hall–Kier alpha value is -3.94. The minimum Gasteiger partial charge on any atom is -0.374 e. The van der Waals surface area contributed by atoms with Gasteiger partial charge < -0.3 is 16.0 Å². The van der Waals surface area contributed by atoms with E-state index < -0.39 is 4.92 Å². The molecule has 3 aromatic rings. The van der Waals surface area contributed by atoms with Crippen LogP contribution in [0.15, 0.2) is 60.7 Å². The van der Waals surface area contributed by atoms with E-state index in [0.717, 1.165) is 16.8 Å². The Kier molecular flexibility index (Phi) is 6.26. The van der Waals surface area contributed by atoms with Gasteiger partial charge in [-0.1, -0.05) is 18.2 Å². The normalized spacial score (nSPS) is 10.4. The van der Waals surface area contributed by atoms with E-state index in [1.165, 1.54) is 30.3 Å². The van der Waals surface area contributed by atoms with Gasteiger partial charge in [0.25, 0.3) is 5.69 Å². The third-order valence-electron chi connectivity index (χ3n) is 4.52. The van der Waals surface area contributed by atoms with Crippen molar-refractivity contribution in [2.24, 2.45) is 0 Å². The number of aryl methyl sites for hydroxylation is 2. The van der Waals surface area contributed by atoms with Gasteiger partial charge in [0.2, 0.25) is 5.91 Å². The smallest absolute Gasteiger partial charge is 0.271 e. The van der Waals surface area contributed by atoms with Crippen molar-refractivity contribution in [2.75, 3.05) is 22.5 Å². The summed E-state index contributed by atoms with van der Waals surface area (Å²) in [4.78, 5) is 23.1. The lowest BCUT2D eigenvalue weighted by Gasteiger charge is -2.15. The van der Waals surface area contributed by atoms with Crippen LogP contribution in [0.3, 0.4) is 0 Å². The number of hydrogen-bond acceptors (Lipinski definition) is 5. The highest BCUT2D eigenvalue weighted by atomic mass is 19.1. The molecule has 0 fully saturated rings. The Morgan fingerprint density at radius 3 is 2.30 bits per heavy atom. The molecule has 0 aliphatic rings. The molecule has 0 aromatic heterocycles. The molecule has 1 amide bonds. The second kappa shape index (κ2) is 9.04. The van der Waals surface area contributed by atoms with Crippen LogP contribution >= 0.6 is 0 Å². The molecule has 0 atom stereocenters. The molecule has 0 aliphatic heterocycles. The van der Waals surface area contributed by atoms with Gasteiger partial charge in [-0.3, -0.25) is 14.9 Å². The maximum Gasteiger partial charge on any atom is 0.271 e. The third kappa shape index (κ3) is 5.11. The molecule has 3 N–H and O–H groups in total. The highest BCUT2D eigenvalue weighted by molar-refractivity contribution is 5.95. The molecule has 7 nitrogen and oxygen atoms in total. The average Bonchev–Trinajstić information content (AvgIpc) is 2.71. The maximum atomic E-state index is 13.1. The van der Waals surface area contributed by atoms with Gasteiger partial charge in [-0.05, 0) is 55.3 Å². The first-order valence-electron chi connectivity index (χ1n) is 9.24. The second-order valence-corrected chi connectivity index (χ2v) is 6.79. The van der Waals surface area contributed by atoms with Crippen LogP contribution in [-0.2, 0) is 4.79 Å². The Labute approximate surface area is 173 Å². The van der Waals surface area contributed by atoms with Crippen molar-refractivity contribution in [3.8, 4) is 0 Å². The van der Waals surface area contributed by atoms with Gasteiger partial charge in [-0.25, -0.2) is 4.39 Å². The molecule has 0 spiro atoms. The van der Waals surface area contributed by atoms with E-state index in [1.54, 1.807) is 12.1 Å². The van der Waals surface area contributed by atoms with Gasteiger partial charge in [-0.2, -0.15) is 0 Å². The fourth-order valence-electron chi connectivity index (χ4n) is 2.96. The second-order valence-electron chi connectivity index (χ2n) is 6.79. The van der Waals surface area contributed by atoms with Crippen molar-refractivity contribution in [1.29, 1.82) is 0 Å². The van der Waals surface area contributed by atoms with E-state index in [9.17, 15) is 19.3 Å². The molecule has 30 heavy (non-hydrogen) atoms. The summed E-state index contributed by atoms with van der Waals surface area (Å²) in [6.07, 6.45) is 0. The zero-order chi connectivity index (χ0) is 21.7. The number of para-hydroxylation sites is 1. The van der Waals surface area contributed by atoms with Crippen LogP contribution < -0.4 is 16.0 Å². The van der Waals surface area contributed by atoms with Gasteiger partial charge in [-0.15, -0.1) is 0 Å². The van der Waals surface area contributed by atoms with Crippen molar-refractivity contribution >= 4 is 34.3 Å². The summed E-state index contributed by atoms with van der Waals surface area (Å²) in [5.74, 6) is -0.655. The zero-order valence-corrected chi connectivity index (χ0v) is 16.5. The number of halogens is 1. The van der Waals surface area contributed by atoms with Gasteiger partial charge in [0.1, 0.15) is 5.82 Å². The summed E-state index contributed by atoms with van der Waals surface area (Å²) in [6, 6.07) is 15.7. The van der Waals surface area contributed by atoms with Gasteiger partial charge in [0.15, 0.2) is 0 Å². The van der Waals surface area contributed by atoms with Gasteiger partial charge in [0.05, 0.1) is 22.8 Å². The summed E-state index contributed by atoms with van der Waals surface area (Å²) in [5.41, 5.74) is 4.02. The third-order valence-corrected chi connectivity index (χ3v) is 4.52. The summed E-state index contributed by atoms with van der Waals surface area (Å²) in [7, 11) is 0. The summed E-state index contributed by atoms with van der Waals surface area (Å²) in [6.45, 7) is 3.72. The Morgan fingerprint density at radius 2 is 1.67 bits per heavy atom. The number of amides is 1. The summed E-state index contributed by atoms with van der Waals surface area (Å²) >= 11 is 0. The number of carbonyl (C=O) groups excluding carboxylic acids is 1. The summed E-state index contributed by atoms with van der Waals surface area (Å²) < 4.78 is 13.1. The van der Waals surface area contributed by atoms with Crippen molar-refractivity contribution in [3.63, 3.8) is 0 Å². The van der Waals surface area contributed by atoms with E-state index in [4.69, 9.17) is 0 Å². The Bertz CT molecular complexity index is 1060. The number of anilines is 4. The lowest BCUT2D eigenvalue weighted by Crippen LogP contribution is -2.23. The number of non-ortho nitro benzene ring substituents is 1. The number of carbonyl (C=O) groups is 1. The van der Waals surface area contributed by atoms with Crippen molar-refractivity contribution in [3.05, 3.63) is 87.7 Å². The van der Waals surface area contributed by atoms with Crippen LogP contribution in [0.25, 0.3) is 0 Å². The van der Waals surface area contributed by atoms with Crippen molar-refractivity contribution in [2.45, 2.75) is 13.8 Å². The molecule has 0 heterocycles. The number of hydrogen-bond donors (Lipinski definition) is 3. The molecule has 154 valence electrons. The Balaban J connectivity index is 1.77. The predicted molar refractivity (Wildman–Crippen MR) is 116 cm³/mol. The number of nitrogens with zero attached hydrogens (tertiary/aromatic N) is 1. The number of nitro benzene ring substituents is 1. The molecule has 0 radical (unpaired) electrons. The number of benzene rings is 3. The van der Waals surface area contributed by atoms with Crippen LogP contribution in [0.2, 0.25) is 0 Å². The van der Waals surface area contributed by atoms with Crippen LogP contribution in [-0.4, -0.2) is 17.4 Å². The van der Waals surface area contributed by atoms with Gasteiger partial charge >= 0.3 is 0 Å². The topological polar surface area (TPSA) is 96.3 Å². The van der Waals surface area contributed by atoms with E-state index >= 15 is 0 Å². The quantitative estimate of drug-likeness (QED) is 0.371. The zero-order valence-electron chi connectivity index (χ0n) is 16.5. The Morgan fingerprint density at radius 1 is 1.00 bits per heavy atom. The van der Waals surface area contributed by atoms with Crippen LogP contribution in [0.5, 0.6) is 0 Å². The van der Waals surface area contributed by atoms with E-state index in [1.807, 2.05) is 32.0 Å². The van der Waals surface area contributed by atoms with Crippen LogP contribution in [0.4, 0.5) is 32.8 Å². The maximum absolute atomic E-state index is 13.1. The summed E-state index contributed by atoms with van der Waals surface area (Å²) in [5, 5.41) is 20.0. The number of rotatable bonds is 7.